The molecule has 1 aromatic rings. The Balaban J connectivity index is 1.81. The van der Waals surface area contributed by atoms with E-state index in [1.54, 1.807) is 0 Å². The summed E-state index contributed by atoms with van der Waals surface area (Å²) in [4.78, 5) is 0. The molecule has 2 rings (SSSR count). The molecule has 1 aliphatic heterocycles. The van der Waals surface area contributed by atoms with Gasteiger partial charge in [0.25, 0.3) is 0 Å². The summed E-state index contributed by atoms with van der Waals surface area (Å²) in [5.74, 6) is 0.617. The molecule has 0 aliphatic carbocycles. The van der Waals surface area contributed by atoms with Gasteiger partial charge in [-0.3, -0.25) is 0 Å². The zero-order valence-electron chi connectivity index (χ0n) is 11.6. The van der Waals surface area contributed by atoms with Gasteiger partial charge < -0.3 is 10.1 Å². The summed E-state index contributed by atoms with van der Waals surface area (Å²) in [5, 5.41) is 3.65. The maximum Gasteiger partial charge on any atom is 0.0480 e. The molecule has 18 heavy (non-hydrogen) atoms. The lowest BCUT2D eigenvalue weighted by atomic mass is 10.0. The van der Waals surface area contributed by atoms with Gasteiger partial charge in [-0.05, 0) is 36.3 Å². The molecule has 2 heteroatoms. The number of rotatable bonds is 4. The molecule has 1 fully saturated rings. The summed E-state index contributed by atoms with van der Waals surface area (Å²) >= 11 is 0. The first-order valence-corrected chi connectivity index (χ1v) is 7.15. The summed E-state index contributed by atoms with van der Waals surface area (Å²) in [6, 6.07) is 9.61. The van der Waals surface area contributed by atoms with E-state index in [-0.39, 0.29) is 0 Å². The topological polar surface area (TPSA) is 21.3 Å². The summed E-state index contributed by atoms with van der Waals surface area (Å²) in [6.45, 7) is 7.28. The second kappa shape index (κ2) is 6.91. The predicted molar refractivity (Wildman–Crippen MR) is 75.8 cm³/mol. The van der Waals surface area contributed by atoms with Gasteiger partial charge in [0, 0.05) is 25.8 Å². The second-order valence-electron chi connectivity index (χ2n) is 5.52. The number of hydrogen-bond acceptors (Lipinski definition) is 2. The van der Waals surface area contributed by atoms with Gasteiger partial charge in [0.15, 0.2) is 0 Å². The van der Waals surface area contributed by atoms with Gasteiger partial charge >= 0.3 is 0 Å². The minimum atomic E-state index is 0.617. The molecule has 0 amide bonds. The molecule has 1 heterocycles. The largest absolute Gasteiger partial charge is 0.381 e. The van der Waals surface area contributed by atoms with Crippen molar-refractivity contribution in [3.8, 4) is 0 Å². The number of ether oxygens (including phenoxy) is 1. The van der Waals surface area contributed by atoms with Gasteiger partial charge in [-0.1, -0.05) is 38.1 Å². The third-order valence-corrected chi connectivity index (χ3v) is 3.69. The number of hydrogen-bond donors (Lipinski definition) is 1. The molecule has 0 bridgehead atoms. The maximum absolute atomic E-state index is 5.48. The lowest BCUT2D eigenvalue weighted by Crippen LogP contribution is -2.28. The monoisotopic (exact) mass is 247 g/mol. The summed E-state index contributed by atoms with van der Waals surface area (Å²) in [5.41, 5.74) is 2.80. The average molecular weight is 247 g/mol. The molecule has 0 radical (unpaired) electrons. The fourth-order valence-electron chi connectivity index (χ4n) is 2.39. The van der Waals surface area contributed by atoms with Gasteiger partial charge in [0.05, 0.1) is 0 Å². The van der Waals surface area contributed by atoms with Crippen LogP contribution in [0.2, 0.25) is 0 Å². The van der Waals surface area contributed by atoms with E-state index < -0.39 is 0 Å². The van der Waals surface area contributed by atoms with Crippen molar-refractivity contribution in [1.29, 1.82) is 0 Å². The van der Waals surface area contributed by atoms with Crippen molar-refractivity contribution in [2.45, 2.75) is 51.6 Å². The lowest BCUT2D eigenvalue weighted by Gasteiger charge is -2.16. The van der Waals surface area contributed by atoms with Gasteiger partial charge in [-0.15, -0.1) is 0 Å². The zero-order valence-corrected chi connectivity index (χ0v) is 11.6. The Labute approximate surface area is 111 Å². The molecule has 0 aromatic heterocycles. The molecule has 100 valence electrons. The minimum Gasteiger partial charge on any atom is -0.381 e. The van der Waals surface area contributed by atoms with E-state index in [9.17, 15) is 0 Å². The van der Waals surface area contributed by atoms with Crippen molar-refractivity contribution in [3.05, 3.63) is 35.4 Å². The summed E-state index contributed by atoms with van der Waals surface area (Å²) in [6.07, 6.45) is 3.57. The van der Waals surface area contributed by atoms with Gasteiger partial charge in [-0.2, -0.15) is 0 Å². The maximum atomic E-state index is 5.48. The predicted octanol–water partition coefficient (Wildman–Crippen LogP) is 3.47. The third kappa shape index (κ3) is 4.11. The molecule has 0 spiro atoms. The van der Waals surface area contributed by atoms with Crippen LogP contribution in [0.5, 0.6) is 0 Å². The molecular weight excluding hydrogens is 222 g/mol. The summed E-state index contributed by atoms with van der Waals surface area (Å²) < 4.78 is 5.48. The highest BCUT2D eigenvalue weighted by molar-refractivity contribution is 5.24. The van der Waals surface area contributed by atoms with E-state index in [0.29, 0.717) is 12.0 Å². The quantitative estimate of drug-likeness (QED) is 0.879. The number of benzene rings is 1. The molecule has 1 N–H and O–H groups in total. The standard InChI is InChI=1S/C16H25NO/c1-13(2)15-7-5-14(6-8-15)12-17-16-4-3-10-18-11-9-16/h5-8,13,16-17H,3-4,9-12H2,1-2H3. The first kappa shape index (κ1) is 13.6. The molecule has 1 aromatic carbocycles. The Morgan fingerprint density at radius 2 is 1.94 bits per heavy atom. The molecular formula is C16H25NO. The van der Waals surface area contributed by atoms with E-state index >= 15 is 0 Å². The van der Waals surface area contributed by atoms with Crippen LogP contribution < -0.4 is 5.32 Å². The van der Waals surface area contributed by atoms with Crippen molar-refractivity contribution in [2.24, 2.45) is 0 Å². The Morgan fingerprint density at radius 3 is 2.67 bits per heavy atom. The van der Waals surface area contributed by atoms with Crippen LogP contribution in [0.3, 0.4) is 0 Å². The highest BCUT2D eigenvalue weighted by Gasteiger charge is 2.11. The second-order valence-corrected chi connectivity index (χ2v) is 5.52. The van der Waals surface area contributed by atoms with E-state index in [1.807, 2.05) is 0 Å². The molecule has 1 atom stereocenters. The molecule has 0 saturated carbocycles. The van der Waals surface area contributed by atoms with Gasteiger partial charge in [0.1, 0.15) is 0 Å². The Kier molecular flexibility index (Phi) is 5.21. The van der Waals surface area contributed by atoms with E-state index in [2.05, 4.69) is 43.4 Å². The highest BCUT2D eigenvalue weighted by Crippen LogP contribution is 2.15. The van der Waals surface area contributed by atoms with E-state index in [4.69, 9.17) is 4.74 Å². The lowest BCUT2D eigenvalue weighted by molar-refractivity contribution is 0.142. The van der Waals surface area contributed by atoms with Gasteiger partial charge in [0.2, 0.25) is 0 Å². The molecule has 2 nitrogen and oxygen atoms in total. The molecule has 1 saturated heterocycles. The highest BCUT2D eigenvalue weighted by atomic mass is 16.5. The van der Waals surface area contributed by atoms with Crippen LogP contribution >= 0.6 is 0 Å². The Hall–Kier alpha value is -0.860. The van der Waals surface area contributed by atoms with Crippen LogP contribution in [0.1, 0.15) is 50.2 Å². The molecule has 1 unspecified atom stereocenters. The van der Waals surface area contributed by atoms with Crippen LogP contribution in [0.15, 0.2) is 24.3 Å². The van der Waals surface area contributed by atoms with Crippen molar-refractivity contribution in [3.63, 3.8) is 0 Å². The van der Waals surface area contributed by atoms with Crippen molar-refractivity contribution >= 4 is 0 Å². The fraction of sp³-hybridized carbons (Fsp3) is 0.625. The van der Waals surface area contributed by atoms with Crippen LogP contribution in [-0.4, -0.2) is 19.3 Å². The van der Waals surface area contributed by atoms with E-state index in [1.165, 1.54) is 24.0 Å². The van der Waals surface area contributed by atoms with Crippen molar-refractivity contribution in [2.75, 3.05) is 13.2 Å². The SMILES string of the molecule is CC(C)c1ccc(CNC2CCCOCC2)cc1. The Morgan fingerprint density at radius 1 is 1.17 bits per heavy atom. The van der Waals surface area contributed by atoms with Crippen LogP contribution in [-0.2, 0) is 11.3 Å². The van der Waals surface area contributed by atoms with Crippen molar-refractivity contribution < 1.29 is 4.74 Å². The van der Waals surface area contributed by atoms with Crippen LogP contribution in [0.25, 0.3) is 0 Å². The zero-order chi connectivity index (χ0) is 12.8. The first-order chi connectivity index (χ1) is 8.75. The summed E-state index contributed by atoms with van der Waals surface area (Å²) in [7, 11) is 0. The van der Waals surface area contributed by atoms with Crippen LogP contribution in [0.4, 0.5) is 0 Å². The first-order valence-electron chi connectivity index (χ1n) is 7.15. The Bertz CT molecular complexity index is 337. The average Bonchev–Trinajstić information content (AvgIpc) is 2.65. The van der Waals surface area contributed by atoms with Crippen LogP contribution in [0, 0.1) is 0 Å². The van der Waals surface area contributed by atoms with Gasteiger partial charge in [-0.25, -0.2) is 0 Å². The minimum absolute atomic E-state index is 0.617. The van der Waals surface area contributed by atoms with Crippen molar-refractivity contribution in [1.82, 2.24) is 5.32 Å². The van der Waals surface area contributed by atoms with E-state index in [0.717, 1.165) is 26.2 Å². The third-order valence-electron chi connectivity index (χ3n) is 3.69. The molecule has 1 aliphatic rings. The smallest absolute Gasteiger partial charge is 0.0480 e. The normalized spacial score (nSPS) is 20.9. The number of nitrogens with one attached hydrogen (secondary N) is 1. The fourth-order valence-corrected chi connectivity index (χ4v) is 2.39.